The fourth-order valence-electron chi connectivity index (χ4n) is 1.98. The first-order valence-electron chi connectivity index (χ1n) is 5.96. The number of benzene rings is 2. The second-order valence-electron chi connectivity index (χ2n) is 4.23. The van der Waals surface area contributed by atoms with Gasteiger partial charge in [0.25, 0.3) is 11.6 Å². The predicted octanol–water partition coefficient (Wildman–Crippen LogP) is 2.99. The van der Waals surface area contributed by atoms with Gasteiger partial charge in [0, 0.05) is 5.56 Å². The smallest absolute Gasteiger partial charge is 0.379 e. The van der Waals surface area contributed by atoms with Crippen molar-refractivity contribution in [3.63, 3.8) is 0 Å². The van der Waals surface area contributed by atoms with Crippen LogP contribution in [0.4, 0.5) is 0 Å². The van der Waals surface area contributed by atoms with Crippen LogP contribution in [-0.2, 0) is 4.74 Å². The Labute approximate surface area is 114 Å². The number of rotatable bonds is 2. The number of carbonyl (C=O) groups excluding carboxylic acids is 1. The standard InChI is InChI=1S/C15H11NO4/c1-19-15(18)12-13(17)16-14(20-12)11-7-6-9-4-2-3-5-10(9)8-11/h2-8,17H,1H3. The molecule has 3 rings (SSSR count). The predicted molar refractivity (Wildman–Crippen MR) is 72.4 cm³/mol. The van der Waals surface area contributed by atoms with Gasteiger partial charge in [-0.15, -0.1) is 0 Å². The summed E-state index contributed by atoms with van der Waals surface area (Å²) in [6, 6.07) is 13.4. The number of esters is 1. The highest BCUT2D eigenvalue weighted by Crippen LogP contribution is 2.28. The lowest BCUT2D eigenvalue weighted by Crippen LogP contribution is -1.99. The molecule has 5 heteroatoms. The molecule has 0 bridgehead atoms. The molecule has 0 spiro atoms. The van der Waals surface area contributed by atoms with Crippen molar-refractivity contribution in [2.45, 2.75) is 0 Å². The lowest BCUT2D eigenvalue weighted by Gasteiger charge is -1.99. The maximum atomic E-state index is 11.4. The minimum atomic E-state index is -0.762. The van der Waals surface area contributed by atoms with Gasteiger partial charge in [-0.2, -0.15) is 4.98 Å². The zero-order valence-corrected chi connectivity index (χ0v) is 10.7. The molecule has 2 aromatic carbocycles. The number of nitrogens with zero attached hydrogens (tertiary/aromatic N) is 1. The van der Waals surface area contributed by atoms with E-state index < -0.39 is 11.8 Å². The molecule has 0 radical (unpaired) electrons. The minimum Gasteiger partial charge on any atom is -0.490 e. The van der Waals surface area contributed by atoms with E-state index in [1.54, 1.807) is 0 Å². The van der Waals surface area contributed by atoms with Crippen LogP contribution >= 0.6 is 0 Å². The van der Waals surface area contributed by atoms with Crippen molar-refractivity contribution in [1.82, 2.24) is 4.98 Å². The first kappa shape index (κ1) is 12.2. The molecule has 0 fully saturated rings. The van der Waals surface area contributed by atoms with Gasteiger partial charge in [0.2, 0.25) is 5.89 Å². The quantitative estimate of drug-likeness (QED) is 0.724. The van der Waals surface area contributed by atoms with Crippen LogP contribution in [0.25, 0.3) is 22.2 Å². The lowest BCUT2D eigenvalue weighted by atomic mass is 10.1. The highest BCUT2D eigenvalue weighted by Gasteiger charge is 2.21. The number of oxazole rings is 1. The van der Waals surface area contributed by atoms with E-state index in [-0.39, 0.29) is 11.7 Å². The third-order valence-electron chi connectivity index (χ3n) is 2.98. The normalized spacial score (nSPS) is 10.7. The van der Waals surface area contributed by atoms with Crippen molar-refractivity contribution >= 4 is 16.7 Å². The van der Waals surface area contributed by atoms with E-state index >= 15 is 0 Å². The molecule has 0 aliphatic heterocycles. The first-order valence-corrected chi connectivity index (χ1v) is 5.96. The second kappa shape index (κ2) is 4.70. The Morgan fingerprint density at radius 3 is 2.70 bits per heavy atom. The minimum absolute atomic E-state index is 0.175. The molecule has 1 aromatic heterocycles. The fourth-order valence-corrected chi connectivity index (χ4v) is 1.98. The molecular formula is C15H11NO4. The molecular weight excluding hydrogens is 258 g/mol. The number of hydrogen-bond donors (Lipinski definition) is 1. The maximum Gasteiger partial charge on any atom is 0.379 e. The van der Waals surface area contributed by atoms with Gasteiger partial charge in [0.05, 0.1) is 7.11 Å². The highest BCUT2D eigenvalue weighted by atomic mass is 16.5. The zero-order valence-electron chi connectivity index (χ0n) is 10.7. The molecule has 0 unspecified atom stereocenters. The molecule has 0 saturated heterocycles. The van der Waals surface area contributed by atoms with Crippen molar-refractivity contribution in [3.8, 4) is 17.3 Å². The number of ether oxygens (including phenoxy) is 1. The summed E-state index contributed by atoms with van der Waals surface area (Å²) < 4.78 is 9.77. The summed E-state index contributed by atoms with van der Waals surface area (Å²) in [5.41, 5.74) is 0.675. The van der Waals surface area contributed by atoms with Crippen molar-refractivity contribution in [2.75, 3.05) is 7.11 Å². The molecule has 100 valence electrons. The molecule has 0 aliphatic carbocycles. The highest BCUT2D eigenvalue weighted by molar-refractivity contribution is 5.90. The van der Waals surface area contributed by atoms with Crippen LogP contribution in [-0.4, -0.2) is 23.2 Å². The summed E-state index contributed by atoms with van der Waals surface area (Å²) in [5, 5.41) is 11.7. The Morgan fingerprint density at radius 2 is 1.95 bits per heavy atom. The molecule has 3 aromatic rings. The number of aromatic nitrogens is 1. The summed E-state index contributed by atoms with van der Waals surface area (Å²) >= 11 is 0. The number of carbonyl (C=O) groups is 1. The van der Waals surface area contributed by atoms with Crippen LogP contribution in [0.5, 0.6) is 5.88 Å². The van der Waals surface area contributed by atoms with Gasteiger partial charge in [-0.1, -0.05) is 30.3 Å². The number of aromatic hydroxyl groups is 1. The van der Waals surface area contributed by atoms with Gasteiger partial charge in [-0.3, -0.25) is 0 Å². The largest absolute Gasteiger partial charge is 0.490 e. The fraction of sp³-hybridized carbons (Fsp3) is 0.0667. The van der Waals surface area contributed by atoms with Gasteiger partial charge < -0.3 is 14.3 Å². The summed E-state index contributed by atoms with van der Waals surface area (Å²) in [4.78, 5) is 15.2. The van der Waals surface area contributed by atoms with Crippen LogP contribution in [0, 0.1) is 0 Å². The Hall–Kier alpha value is -2.82. The summed E-state index contributed by atoms with van der Waals surface area (Å²) in [6.45, 7) is 0. The summed E-state index contributed by atoms with van der Waals surface area (Å²) in [7, 11) is 1.21. The van der Waals surface area contributed by atoms with E-state index in [2.05, 4.69) is 9.72 Å². The van der Waals surface area contributed by atoms with E-state index in [1.807, 2.05) is 42.5 Å². The maximum absolute atomic E-state index is 11.4. The molecule has 0 atom stereocenters. The molecule has 1 heterocycles. The molecule has 0 aliphatic rings. The Kier molecular flexibility index (Phi) is 2.87. The van der Waals surface area contributed by atoms with Crippen molar-refractivity contribution in [1.29, 1.82) is 0 Å². The van der Waals surface area contributed by atoms with Gasteiger partial charge in [0.1, 0.15) is 0 Å². The molecule has 0 saturated carbocycles. The van der Waals surface area contributed by atoms with Crippen LogP contribution < -0.4 is 0 Å². The third kappa shape index (κ3) is 1.99. The molecule has 1 N–H and O–H groups in total. The van der Waals surface area contributed by atoms with Gasteiger partial charge >= 0.3 is 5.97 Å². The van der Waals surface area contributed by atoms with Crippen molar-refractivity contribution < 1.29 is 19.1 Å². The number of fused-ring (bicyclic) bond motifs is 1. The number of hydrogen-bond acceptors (Lipinski definition) is 5. The van der Waals surface area contributed by atoms with Crippen LogP contribution in [0.2, 0.25) is 0 Å². The van der Waals surface area contributed by atoms with E-state index in [0.29, 0.717) is 5.56 Å². The van der Waals surface area contributed by atoms with Crippen molar-refractivity contribution in [2.24, 2.45) is 0 Å². The third-order valence-corrected chi connectivity index (χ3v) is 2.98. The Balaban J connectivity index is 2.09. The Bertz CT molecular complexity index is 791. The number of methoxy groups -OCH3 is 1. The van der Waals surface area contributed by atoms with Crippen molar-refractivity contribution in [3.05, 3.63) is 48.2 Å². The topological polar surface area (TPSA) is 72.6 Å². The van der Waals surface area contributed by atoms with E-state index in [4.69, 9.17) is 4.42 Å². The van der Waals surface area contributed by atoms with E-state index in [1.165, 1.54) is 7.11 Å². The van der Waals surface area contributed by atoms with Crippen LogP contribution in [0.15, 0.2) is 46.9 Å². The monoisotopic (exact) mass is 269 g/mol. The van der Waals surface area contributed by atoms with Gasteiger partial charge in [0.15, 0.2) is 0 Å². The summed E-state index contributed by atoms with van der Waals surface area (Å²) in [5.74, 6) is -1.36. The zero-order chi connectivity index (χ0) is 14.1. The van der Waals surface area contributed by atoms with Gasteiger partial charge in [-0.25, -0.2) is 4.79 Å². The molecule has 20 heavy (non-hydrogen) atoms. The van der Waals surface area contributed by atoms with Crippen LogP contribution in [0.1, 0.15) is 10.6 Å². The van der Waals surface area contributed by atoms with Crippen LogP contribution in [0.3, 0.4) is 0 Å². The SMILES string of the molecule is COC(=O)c1oc(-c2ccc3ccccc3c2)nc1O. The second-order valence-corrected chi connectivity index (χ2v) is 4.23. The molecule has 0 amide bonds. The van der Waals surface area contributed by atoms with Gasteiger partial charge in [-0.05, 0) is 22.9 Å². The molecule has 5 nitrogen and oxygen atoms in total. The lowest BCUT2D eigenvalue weighted by molar-refractivity contribution is 0.0561. The Morgan fingerprint density at radius 1 is 1.20 bits per heavy atom. The first-order chi connectivity index (χ1) is 9.69. The summed E-state index contributed by atoms with van der Waals surface area (Å²) in [6.07, 6.45) is 0. The average molecular weight is 269 g/mol. The van der Waals surface area contributed by atoms with E-state index in [0.717, 1.165) is 10.8 Å². The van der Waals surface area contributed by atoms with E-state index in [9.17, 15) is 9.90 Å². The average Bonchev–Trinajstić information content (AvgIpc) is 2.88.